The Labute approximate surface area is 152 Å². The van der Waals surface area contributed by atoms with Crippen LogP contribution in [0.5, 0.6) is 0 Å². The summed E-state index contributed by atoms with van der Waals surface area (Å²) in [6.07, 6.45) is 1.18. The highest BCUT2D eigenvalue weighted by atomic mass is 19.1. The van der Waals surface area contributed by atoms with E-state index in [-0.39, 0.29) is 23.5 Å². The number of halogens is 1. The summed E-state index contributed by atoms with van der Waals surface area (Å²) in [5.41, 5.74) is 1.99. The highest BCUT2D eigenvalue weighted by molar-refractivity contribution is 5.98. The van der Waals surface area contributed by atoms with Crippen molar-refractivity contribution in [1.29, 1.82) is 0 Å². The Morgan fingerprint density at radius 1 is 1.19 bits per heavy atom. The van der Waals surface area contributed by atoms with Gasteiger partial charge in [-0.2, -0.15) is 0 Å². The smallest absolute Gasteiger partial charge is 0.277 e. The van der Waals surface area contributed by atoms with Crippen LogP contribution in [-0.4, -0.2) is 59.3 Å². The fraction of sp³-hybridized carbons (Fsp3) is 0.579. The molecule has 26 heavy (non-hydrogen) atoms. The lowest BCUT2D eigenvalue weighted by Crippen LogP contribution is -2.63. The zero-order chi connectivity index (χ0) is 18.7. The molecule has 0 bridgehead atoms. The number of rotatable bonds is 1. The molecule has 2 aliphatic heterocycles. The molecule has 6 nitrogen and oxygen atoms in total. The van der Waals surface area contributed by atoms with Crippen molar-refractivity contribution in [3.8, 4) is 0 Å². The lowest BCUT2D eigenvalue weighted by atomic mass is 9.99. The molecule has 0 N–H and O–H groups in total. The quantitative estimate of drug-likeness (QED) is 0.777. The second kappa shape index (κ2) is 5.94. The topological polar surface area (TPSA) is 44.6 Å². The monoisotopic (exact) mass is 359 g/mol. The molecule has 2 aromatic rings. The van der Waals surface area contributed by atoms with E-state index in [0.29, 0.717) is 22.8 Å². The van der Waals surface area contributed by atoms with E-state index in [0.717, 1.165) is 25.3 Å². The van der Waals surface area contributed by atoms with Crippen LogP contribution >= 0.6 is 0 Å². The normalized spacial score (nSPS) is 23.5. The van der Waals surface area contributed by atoms with E-state index < -0.39 is 0 Å². The summed E-state index contributed by atoms with van der Waals surface area (Å²) in [5, 5.41) is 0.717. The van der Waals surface area contributed by atoms with Crippen molar-refractivity contribution in [2.75, 3.05) is 36.5 Å². The van der Waals surface area contributed by atoms with Gasteiger partial charge < -0.3 is 9.80 Å². The Morgan fingerprint density at radius 2 is 1.92 bits per heavy atom. The van der Waals surface area contributed by atoms with Crippen molar-refractivity contribution in [1.82, 2.24) is 14.5 Å². The molecule has 2 unspecified atom stereocenters. The fourth-order valence-corrected chi connectivity index (χ4v) is 4.31. The Bertz CT molecular complexity index is 924. The molecule has 4 rings (SSSR count). The number of aromatic nitrogens is 2. The molecule has 0 spiro atoms. The lowest BCUT2D eigenvalue weighted by molar-refractivity contribution is 0.197. The summed E-state index contributed by atoms with van der Waals surface area (Å²) in [6, 6.07) is 2.34. The first-order chi connectivity index (χ1) is 12.3. The maximum Gasteiger partial charge on any atom is 0.277 e. The molecule has 0 aromatic carbocycles. The molecule has 140 valence electrons. The molecule has 7 heteroatoms. The lowest BCUT2D eigenvalue weighted by Gasteiger charge is -2.52. The molecule has 0 radical (unpaired) electrons. The third-order valence-electron chi connectivity index (χ3n) is 5.90. The van der Waals surface area contributed by atoms with Crippen LogP contribution in [0.25, 0.3) is 11.0 Å². The highest BCUT2D eigenvalue weighted by Crippen LogP contribution is 2.40. The Balaban J connectivity index is 2.06. The SMILES string of the molecule is CC1CN2c3c(c(=O)n(C)c4ncc(F)cc34)N(C(C)C)CC2CN1C. The predicted octanol–water partition coefficient (Wildman–Crippen LogP) is 1.81. The van der Waals surface area contributed by atoms with Gasteiger partial charge in [-0.15, -0.1) is 0 Å². The molecule has 4 heterocycles. The fourth-order valence-electron chi connectivity index (χ4n) is 4.31. The predicted molar refractivity (Wildman–Crippen MR) is 103 cm³/mol. The van der Waals surface area contributed by atoms with Crippen molar-refractivity contribution >= 4 is 22.4 Å². The number of fused-ring (bicyclic) bond motifs is 5. The summed E-state index contributed by atoms with van der Waals surface area (Å²) in [7, 11) is 3.85. The molecule has 0 aliphatic carbocycles. The number of anilines is 2. The van der Waals surface area contributed by atoms with Crippen LogP contribution in [0, 0.1) is 5.82 Å². The molecule has 2 aliphatic rings. The van der Waals surface area contributed by atoms with Crippen LogP contribution in [0.2, 0.25) is 0 Å². The second-order valence-electron chi connectivity index (χ2n) is 7.93. The van der Waals surface area contributed by atoms with Crippen LogP contribution < -0.4 is 15.4 Å². The zero-order valence-electron chi connectivity index (χ0n) is 16.0. The van der Waals surface area contributed by atoms with Gasteiger partial charge in [0.15, 0.2) is 0 Å². The summed E-state index contributed by atoms with van der Waals surface area (Å²) in [4.78, 5) is 24.3. The molecule has 0 saturated carbocycles. The molecule has 1 saturated heterocycles. The van der Waals surface area contributed by atoms with Crippen molar-refractivity contribution in [2.45, 2.75) is 38.9 Å². The summed E-state index contributed by atoms with van der Waals surface area (Å²) < 4.78 is 15.6. The molecule has 1 fully saturated rings. The third-order valence-corrected chi connectivity index (χ3v) is 5.90. The van der Waals surface area contributed by atoms with Crippen molar-refractivity contribution in [2.24, 2.45) is 7.05 Å². The number of hydrogen-bond donors (Lipinski definition) is 0. The van der Waals surface area contributed by atoms with Gasteiger partial charge in [0.05, 0.1) is 17.9 Å². The van der Waals surface area contributed by atoms with Crippen molar-refractivity contribution in [3.05, 3.63) is 28.4 Å². The van der Waals surface area contributed by atoms with E-state index in [1.54, 1.807) is 11.6 Å². The zero-order valence-corrected chi connectivity index (χ0v) is 16.0. The standard InChI is InChI=1S/C19H26FN5O/c1-11(2)24-10-14-9-22(4)12(3)8-25(14)16-15-6-13(20)7-21-18(15)23(5)19(26)17(16)24/h6-7,11-12,14H,8-10H2,1-5H3. The van der Waals surface area contributed by atoms with Gasteiger partial charge in [0.1, 0.15) is 17.2 Å². The Hall–Kier alpha value is -2.15. The summed E-state index contributed by atoms with van der Waals surface area (Å²) >= 11 is 0. The average molecular weight is 359 g/mol. The highest BCUT2D eigenvalue weighted by Gasteiger charge is 2.40. The number of piperazine rings is 1. The molecule has 2 aromatic heterocycles. The number of pyridine rings is 2. The van der Waals surface area contributed by atoms with E-state index >= 15 is 0 Å². The van der Waals surface area contributed by atoms with Crippen LogP contribution in [0.15, 0.2) is 17.1 Å². The van der Waals surface area contributed by atoms with Gasteiger partial charge in [-0.25, -0.2) is 9.37 Å². The van der Waals surface area contributed by atoms with Crippen LogP contribution in [0.4, 0.5) is 15.8 Å². The minimum atomic E-state index is -0.376. The van der Waals surface area contributed by atoms with E-state index in [2.05, 4.69) is 47.5 Å². The maximum absolute atomic E-state index is 14.1. The van der Waals surface area contributed by atoms with E-state index in [1.165, 1.54) is 12.3 Å². The number of nitrogens with zero attached hydrogens (tertiary/aromatic N) is 5. The van der Waals surface area contributed by atoms with Gasteiger partial charge in [-0.05, 0) is 33.9 Å². The molecular formula is C19H26FN5O. The minimum Gasteiger partial charge on any atom is -0.361 e. The van der Waals surface area contributed by atoms with Crippen LogP contribution in [-0.2, 0) is 7.05 Å². The van der Waals surface area contributed by atoms with Gasteiger partial charge in [-0.3, -0.25) is 14.3 Å². The van der Waals surface area contributed by atoms with Gasteiger partial charge in [-0.1, -0.05) is 0 Å². The maximum atomic E-state index is 14.1. The Kier molecular flexibility index (Phi) is 3.95. The molecule has 2 atom stereocenters. The Morgan fingerprint density at radius 3 is 2.62 bits per heavy atom. The van der Waals surface area contributed by atoms with Crippen LogP contribution in [0.1, 0.15) is 20.8 Å². The largest absolute Gasteiger partial charge is 0.361 e. The number of aryl methyl sites for hydroxylation is 1. The molecular weight excluding hydrogens is 333 g/mol. The first-order valence-corrected chi connectivity index (χ1v) is 9.21. The van der Waals surface area contributed by atoms with E-state index in [1.807, 2.05) is 0 Å². The third kappa shape index (κ3) is 2.40. The van der Waals surface area contributed by atoms with Crippen molar-refractivity contribution in [3.63, 3.8) is 0 Å². The van der Waals surface area contributed by atoms with Gasteiger partial charge in [0.25, 0.3) is 5.56 Å². The number of likely N-dealkylation sites (N-methyl/N-ethyl adjacent to an activating group) is 1. The minimum absolute atomic E-state index is 0.0645. The van der Waals surface area contributed by atoms with Gasteiger partial charge >= 0.3 is 0 Å². The second-order valence-corrected chi connectivity index (χ2v) is 7.93. The summed E-state index contributed by atoms with van der Waals surface area (Å²) in [5.74, 6) is -0.376. The first-order valence-electron chi connectivity index (χ1n) is 9.21. The molecule has 0 amide bonds. The van der Waals surface area contributed by atoms with Gasteiger partial charge in [0.2, 0.25) is 0 Å². The van der Waals surface area contributed by atoms with Crippen LogP contribution in [0.3, 0.4) is 0 Å². The van der Waals surface area contributed by atoms with Gasteiger partial charge in [0, 0.05) is 44.2 Å². The van der Waals surface area contributed by atoms with Crippen molar-refractivity contribution < 1.29 is 4.39 Å². The summed E-state index contributed by atoms with van der Waals surface area (Å²) in [6.45, 7) is 8.92. The van der Waals surface area contributed by atoms with E-state index in [9.17, 15) is 9.18 Å². The average Bonchev–Trinajstić information content (AvgIpc) is 2.59. The van der Waals surface area contributed by atoms with E-state index in [4.69, 9.17) is 0 Å². The first kappa shape index (κ1) is 17.3. The number of hydrogen-bond acceptors (Lipinski definition) is 5.